The highest BCUT2D eigenvalue weighted by molar-refractivity contribution is 6.23. The quantitative estimate of drug-likeness (QED) is 0.566. The Kier molecular flexibility index (Phi) is 2.51. The third kappa shape index (κ3) is 1.65. The van der Waals surface area contributed by atoms with Gasteiger partial charge in [-0.1, -0.05) is 0 Å². The smallest absolute Gasteiger partial charge is 0.119 e. The number of fused-ring (bicyclic) bond motifs is 6. The fourth-order valence-electron chi connectivity index (χ4n) is 2.87. The van der Waals surface area contributed by atoms with Gasteiger partial charge in [-0.3, -0.25) is 0 Å². The first kappa shape index (κ1) is 12.0. The van der Waals surface area contributed by atoms with Gasteiger partial charge < -0.3 is 14.5 Å². The first-order chi connectivity index (χ1) is 10.3. The number of hydrogen-bond donors (Lipinski definition) is 1. The highest BCUT2D eigenvalue weighted by Crippen LogP contribution is 2.36. The number of imidazole rings is 1. The SMILES string of the molecule is COc1ccc2c(c1)c1cc(OC)ccc1c1[nH]cnc21. The van der Waals surface area contributed by atoms with Gasteiger partial charge in [-0.25, -0.2) is 4.98 Å². The van der Waals surface area contributed by atoms with Crippen LogP contribution in [0.15, 0.2) is 42.7 Å². The Morgan fingerprint density at radius 3 is 2.10 bits per heavy atom. The molecule has 104 valence electrons. The first-order valence-corrected chi connectivity index (χ1v) is 6.72. The molecule has 0 unspecified atom stereocenters. The van der Waals surface area contributed by atoms with Gasteiger partial charge in [0.1, 0.15) is 11.5 Å². The van der Waals surface area contributed by atoms with Gasteiger partial charge in [-0.2, -0.15) is 0 Å². The molecule has 0 atom stereocenters. The minimum atomic E-state index is 0.835. The summed E-state index contributed by atoms with van der Waals surface area (Å²) in [6.45, 7) is 0. The minimum absolute atomic E-state index is 0.835. The molecule has 0 saturated heterocycles. The molecule has 0 aliphatic heterocycles. The van der Waals surface area contributed by atoms with Crippen LogP contribution in [0.4, 0.5) is 0 Å². The van der Waals surface area contributed by atoms with Crippen LogP contribution >= 0.6 is 0 Å². The second-order valence-corrected chi connectivity index (χ2v) is 4.95. The summed E-state index contributed by atoms with van der Waals surface area (Å²) in [6, 6.07) is 12.1. The van der Waals surface area contributed by atoms with Crippen molar-refractivity contribution >= 4 is 32.6 Å². The van der Waals surface area contributed by atoms with Gasteiger partial charge in [-0.15, -0.1) is 0 Å². The van der Waals surface area contributed by atoms with Crippen LogP contribution in [-0.4, -0.2) is 24.2 Å². The van der Waals surface area contributed by atoms with E-state index >= 15 is 0 Å². The summed E-state index contributed by atoms with van der Waals surface area (Å²) in [5.41, 5.74) is 2.02. The molecule has 0 spiro atoms. The van der Waals surface area contributed by atoms with Crippen molar-refractivity contribution in [2.45, 2.75) is 0 Å². The molecule has 21 heavy (non-hydrogen) atoms. The zero-order valence-electron chi connectivity index (χ0n) is 11.8. The summed E-state index contributed by atoms with van der Waals surface area (Å²) in [7, 11) is 3.36. The van der Waals surface area contributed by atoms with Crippen molar-refractivity contribution in [2.24, 2.45) is 0 Å². The highest BCUT2D eigenvalue weighted by atomic mass is 16.5. The molecule has 0 fully saturated rings. The van der Waals surface area contributed by atoms with Crippen LogP contribution < -0.4 is 9.47 Å². The Balaban J connectivity index is 2.28. The van der Waals surface area contributed by atoms with Crippen molar-refractivity contribution in [3.63, 3.8) is 0 Å². The predicted molar refractivity (Wildman–Crippen MR) is 84.2 cm³/mol. The molecule has 3 aromatic carbocycles. The second kappa shape index (κ2) is 4.38. The normalized spacial score (nSPS) is 11.3. The van der Waals surface area contributed by atoms with E-state index in [2.05, 4.69) is 28.2 Å². The van der Waals surface area contributed by atoms with Gasteiger partial charge in [0, 0.05) is 10.8 Å². The third-order valence-electron chi connectivity index (χ3n) is 3.91. The van der Waals surface area contributed by atoms with E-state index < -0.39 is 0 Å². The number of ether oxygens (including phenoxy) is 2. The molecule has 0 saturated carbocycles. The minimum Gasteiger partial charge on any atom is -0.497 e. The van der Waals surface area contributed by atoms with Crippen LogP contribution in [0.1, 0.15) is 0 Å². The average molecular weight is 278 g/mol. The van der Waals surface area contributed by atoms with Crippen molar-refractivity contribution in [1.29, 1.82) is 0 Å². The number of aromatic amines is 1. The van der Waals surface area contributed by atoms with Crippen LogP contribution in [0.5, 0.6) is 11.5 Å². The monoisotopic (exact) mass is 278 g/mol. The van der Waals surface area contributed by atoms with Crippen molar-refractivity contribution in [3.05, 3.63) is 42.7 Å². The average Bonchev–Trinajstić information content (AvgIpc) is 3.03. The molecule has 0 amide bonds. The molecular weight excluding hydrogens is 264 g/mol. The molecule has 0 aliphatic rings. The highest BCUT2D eigenvalue weighted by Gasteiger charge is 2.12. The lowest BCUT2D eigenvalue weighted by Crippen LogP contribution is -1.87. The van der Waals surface area contributed by atoms with E-state index in [1.165, 1.54) is 0 Å². The largest absolute Gasteiger partial charge is 0.497 e. The number of aromatic nitrogens is 2. The lowest BCUT2D eigenvalue weighted by atomic mass is 9.99. The maximum atomic E-state index is 5.36. The molecule has 0 aliphatic carbocycles. The Labute approximate surface area is 121 Å². The van der Waals surface area contributed by atoms with Crippen molar-refractivity contribution in [3.8, 4) is 11.5 Å². The number of rotatable bonds is 2. The molecule has 1 heterocycles. The summed E-state index contributed by atoms with van der Waals surface area (Å²) >= 11 is 0. The van der Waals surface area contributed by atoms with Gasteiger partial charge in [0.2, 0.25) is 0 Å². The van der Waals surface area contributed by atoms with Crippen LogP contribution in [0.3, 0.4) is 0 Å². The van der Waals surface area contributed by atoms with Crippen LogP contribution in [0, 0.1) is 0 Å². The van der Waals surface area contributed by atoms with Crippen LogP contribution in [-0.2, 0) is 0 Å². The first-order valence-electron chi connectivity index (χ1n) is 6.72. The third-order valence-corrected chi connectivity index (χ3v) is 3.91. The van der Waals surface area contributed by atoms with E-state index in [4.69, 9.17) is 9.47 Å². The maximum Gasteiger partial charge on any atom is 0.119 e. The van der Waals surface area contributed by atoms with Crippen molar-refractivity contribution in [2.75, 3.05) is 14.2 Å². The summed E-state index contributed by atoms with van der Waals surface area (Å²) in [4.78, 5) is 7.71. The summed E-state index contributed by atoms with van der Waals surface area (Å²) in [5, 5.41) is 4.47. The Hall–Kier alpha value is -2.75. The summed E-state index contributed by atoms with van der Waals surface area (Å²) in [6.07, 6.45) is 1.73. The molecule has 1 aromatic heterocycles. The maximum absolute atomic E-state index is 5.36. The van der Waals surface area contributed by atoms with Crippen molar-refractivity contribution < 1.29 is 9.47 Å². The molecule has 4 aromatic rings. The number of methoxy groups -OCH3 is 2. The number of hydrogen-bond acceptors (Lipinski definition) is 3. The number of H-pyrrole nitrogens is 1. The van der Waals surface area contributed by atoms with Gasteiger partial charge in [0.15, 0.2) is 0 Å². The fourth-order valence-corrected chi connectivity index (χ4v) is 2.87. The molecule has 1 N–H and O–H groups in total. The van der Waals surface area contributed by atoms with Gasteiger partial charge in [0.25, 0.3) is 0 Å². The Bertz CT molecular complexity index is 895. The fraction of sp³-hybridized carbons (Fsp3) is 0.118. The zero-order chi connectivity index (χ0) is 14.4. The van der Waals surface area contributed by atoms with E-state index in [9.17, 15) is 0 Å². The summed E-state index contributed by atoms with van der Waals surface area (Å²) in [5.74, 6) is 1.67. The Morgan fingerprint density at radius 2 is 1.43 bits per heavy atom. The number of nitrogens with one attached hydrogen (secondary N) is 1. The van der Waals surface area contributed by atoms with Crippen LogP contribution in [0.2, 0.25) is 0 Å². The van der Waals surface area contributed by atoms with Gasteiger partial charge >= 0.3 is 0 Å². The predicted octanol–water partition coefficient (Wildman–Crippen LogP) is 3.89. The van der Waals surface area contributed by atoms with E-state index in [0.29, 0.717) is 0 Å². The zero-order valence-corrected chi connectivity index (χ0v) is 11.8. The lowest BCUT2D eigenvalue weighted by molar-refractivity contribution is 0.415. The topological polar surface area (TPSA) is 47.1 Å². The standard InChI is InChI=1S/C17H14N2O2/c1-20-10-3-5-12-14(7-10)15-8-11(21-2)4-6-13(15)17-16(12)18-9-19-17/h3-9H,1-2H3,(H,18,19). The van der Waals surface area contributed by atoms with Gasteiger partial charge in [-0.05, 0) is 47.2 Å². The summed E-state index contributed by atoms with van der Waals surface area (Å²) < 4.78 is 10.7. The number of benzene rings is 3. The molecular formula is C17H14N2O2. The van der Waals surface area contributed by atoms with E-state index in [0.717, 1.165) is 44.1 Å². The number of nitrogens with zero attached hydrogens (tertiary/aromatic N) is 1. The Morgan fingerprint density at radius 1 is 0.810 bits per heavy atom. The lowest BCUT2D eigenvalue weighted by Gasteiger charge is -2.09. The molecule has 4 nitrogen and oxygen atoms in total. The van der Waals surface area contributed by atoms with E-state index in [-0.39, 0.29) is 0 Å². The molecule has 0 bridgehead atoms. The molecule has 4 heteroatoms. The molecule has 0 radical (unpaired) electrons. The van der Waals surface area contributed by atoms with E-state index in [1.807, 2.05) is 18.2 Å². The molecule has 4 rings (SSSR count). The second-order valence-electron chi connectivity index (χ2n) is 4.95. The van der Waals surface area contributed by atoms with Crippen molar-refractivity contribution in [1.82, 2.24) is 9.97 Å². The van der Waals surface area contributed by atoms with Gasteiger partial charge in [0.05, 0.1) is 31.6 Å². The van der Waals surface area contributed by atoms with E-state index in [1.54, 1.807) is 20.5 Å². The van der Waals surface area contributed by atoms with Crippen LogP contribution in [0.25, 0.3) is 32.6 Å².